The standard InChI is InChI=1S/C24H41F2NS/c25-23-19(13-18-7-10-20(27)14-22(18)24(23)26)6-3-15-1-4-16(5-2-15)17-8-11-21(28)12-9-17/h15-24,28H,1-14,27H2. The molecule has 0 aromatic carbocycles. The van der Waals surface area contributed by atoms with Crippen LogP contribution in [-0.2, 0) is 0 Å². The highest BCUT2D eigenvalue weighted by molar-refractivity contribution is 7.80. The van der Waals surface area contributed by atoms with Crippen molar-refractivity contribution in [1.82, 2.24) is 0 Å². The number of alkyl halides is 2. The fraction of sp³-hybridized carbons (Fsp3) is 1.00. The molecule has 0 radical (unpaired) electrons. The molecule has 162 valence electrons. The van der Waals surface area contributed by atoms with E-state index in [2.05, 4.69) is 12.6 Å². The minimum absolute atomic E-state index is 0.0473. The minimum atomic E-state index is -1.27. The fourth-order valence-electron chi connectivity index (χ4n) is 7.25. The van der Waals surface area contributed by atoms with Crippen LogP contribution in [0, 0.1) is 35.5 Å². The predicted molar refractivity (Wildman–Crippen MR) is 116 cm³/mol. The van der Waals surface area contributed by atoms with Gasteiger partial charge in [0.15, 0.2) is 0 Å². The maximum Gasteiger partial charge on any atom is 0.135 e. The topological polar surface area (TPSA) is 26.0 Å². The predicted octanol–water partition coefficient (Wildman–Crippen LogP) is 6.50. The summed E-state index contributed by atoms with van der Waals surface area (Å²) < 4.78 is 29.6. The largest absolute Gasteiger partial charge is 0.328 e. The van der Waals surface area contributed by atoms with Crippen LogP contribution in [0.2, 0.25) is 0 Å². The second-order valence-corrected chi connectivity index (χ2v) is 11.5. The molecule has 0 bridgehead atoms. The molecule has 4 aliphatic rings. The molecule has 4 rings (SSSR count). The smallest absolute Gasteiger partial charge is 0.135 e. The summed E-state index contributed by atoms with van der Waals surface area (Å²) in [6.45, 7) is 0. The van der Waals surface area contributed by atoms with E-state index in [4.69, 9.17) is 5.73 Å². The third-order valence-electron chi connectivity index (χ3n) is 9.10. The number of hydrogen-bond donors (Lipinski definition) is 2. The van der Waals surface area contributed by atoms with Crippen LogP contribution in [0.5, 0.6) is 0 Å². The van der Waals surface area contributed by atoms with Gasteiger partial charge in [0, 0.05) is 11.3 Å². The Kier molecular flexibility index (Phi) is 7.29. The lowest BCUT2D eigenvalue weighted by molar-refractivity contribution is -0.0376. The molecule has 0 spiro atoms. The summed E-state index contributed by atoms with van der Waals surface area (Å²) in [6, 6.07) is 0.0845. The first kappa shape index (κ1) is 21.4. The monoisotopic (exact) mass is 413 g/mol. The van der Waals surface area contributed by atoms with E-state index in [9.17, 15) is 8.78 Å². The molecule has 6 atom stereocenters. The molecule has 4 saturated carbocycles. The lowest BCUT2D eigenvalue weighted by Crippen LogP contribution is -2.48. The van der Waals surface area contributed by atoms with Gasteiger partial charge in [-0.05, 0) is 106 Å². The number of nitrogens with two attached hydrogens (primary N) is 1. The molecular weight excluding hydrogens is 372 g/mol. The summed E-state index contributed by atoms with van der Waals surface area (Å²) in [5, 5.41) is 0.635. The van der Waals surface area contributed by atoms with Crippen molar-refractivity contribution in [1.29, 1.82) is 0 Å². The van der Waals surface area contributed by atoms with E-state index in [1.807, 2.05) is 0 Å². The van der Waals surface area contributed by atoms with E-state index in [0.717, 1.165) is 49.9 Å². The lowest BCUT2D eigenvalue weighted by Gasteiger charge is -2.45. The summed E-state index contributed by atoms with van der Waals surface area (Å²) in [7, 11) is 0. The molecular formula is C24H41F2NS. The highest BCUT2D eigenvalue weighted by Gasteiger charge is 2.47. The maximum absolute atomic E-state index is 14.8. The molecule has 0 aromatic rings. The Morgan fingerprint density at radius 3 is 1.96 bits per heavy atom. The molecule has 6 unspecified atom stereocenters. The first-order valence-electron chi connectivity index (χ1n) is 12.2. The third-order valence-corrected chi connectivity index (χ3v) is 9.62. The van der Waals surface area contributed by atoms with Gasteiger partial charge < -0.3 is 5.73 Å². The van der Waals surface area contributed by atoms with Gasteiger partial charge in [0.05, 0.1) is 0 Å². The lowest BCUT2D eigenvalue weighted by atomic mass is 9.63. The van der Waals surface area contributed by atoms with Crippen molar-refractivity contribution >= 4 is 12.6 Å². The van der Waals surface area contributed by atoms with E-state index in [0.29, 0.717) is 17.6 Å². The number of hydrogen-bond acceptors (Lipinski definition) is 2. The molecule has 28 heavy (non-hydrogen) atoms. The van der Waals surface area contributed by atoms with Crippen molar-refractivity contribution < 1.29 is 8.78 Å². The summed E-state index contributed by atoms with van der Waals surface area (Å²) in [6.07, 6.45) is 13.8. The van der Waals surface area contributed by atoms with Gasteiger partial charge in [-0.2, -0.15) is 12.6 Å². The van der Waals surface area contributed by atoms with E-state index in [1.54, 1.807) is 0 Å². The first-order valence-corrected chi connectivity index (χ1v) is 12.7. The van der Waals surface area contributed by atoms with Crippen LogP contribution in [0.1, 0.15) is 89.9 Å². The van der Waals surface area contributed by atoms with Crippen molar-refractivity contribution in [3.63, 3.8) is 0 Å². The van der Waals surface area contributed by atoms with Crippen LogP contribution in [0.15, 0.2) is 0 Å². The molecule has 4 heteroatoms. The van der Waals surface area contributed by atoms with Gasteiger partial charge in [-0.1, -0.05) is 19.3 Å². The average Bonchev–Trinajstić information content (AvgIpc) is 2.71. The second-order valence-electron chi connectivity index (χ2n) is 10.8. The first-order chi connectivity index (χ1) is 13.5. The SMILES string of the molecule is NC1CCC2CC(CCC3CCC(C4CCC(S)CC4)CC3)C(F)C(F)C2C1. The molecule has 0 aromatic heterocycles. The number of rotatable bonds is 4. The number of fused-ring (bicyclic) bond motifs is 1. The molecule has 4 fully saturated rings. The normalized spacial score (nSPS) is 50.1. The van der Waals surface area contributed by atoms with Crippen molar-refractivity contribution in [2.75, 3.05) is 0 Å². The Morgan fingerprint density at radius 1 is 0.679 bits per heavy atom. The maximum atomic E-state index is 14.8. The van der Waals surface area contributed by atoms with Gasteiger partial charge in [0.1, 0.15) is 12.3 Å². The van der Waals surface area contributed by atoms with Gasteiger partial charge in [-0.25, -0.2) is 8.78 Å². The fourth-order valence-corrected chi connectivity index (χ4v) is 7.55. The van der Waals surface area contributed by atoms with E-state index < -0.39 is 12.3 Å². The molecule has 0 amide bonds. The average molecular weight is 414 g/mol. The van der Waals surface area contributed by atoms with Gasteiger partial charge in [-0.15, -0.1) is 0 Å². The molecule has 0 aliphatic heterocycles. The van der Waals surface area contributed by atoms with Gasteiger partial charge in [0.2, 0.25) is 0 Å². The molecule has 0 heterocycles. The summed E-state index contributed by atoms with van der Waals surface area (Å²) >= 11 is 4.64. The van der Waals surface area contributed by atoms with E-state index in [-0.39, 0.29) is 17.9 Å². The van der Waals surface area contributed by atoms with Crippen molar-refractivity contribution in [3.8, 4) is 0 Å². The quantitative estimate of drug-likeness (QED) is 0.505. The van der Waals surface area contributed by atoms with Crippen molar-refractivity contribution in [2.24, 2.45) is 41.2 Å². The van der Waals surface area contributed by atoms with Gasteiger partial charge in [0.25, 0.3) is 0 Å². The zero-order chi connectivity index (χ0) is 19.7. The third kappa shape index (κ3) is 4.90. The van der Waals surface area contributed by atoms with Crippen LogP contribution >= 0.6 is 12.6 Å². The van der Waals surface area contributed by atoms with Crippen LogP contribution < -0.4 is 5.73 Å². The highest BCUT2D eigenvalue weighted by atomic mass is 32.1. The summed E-state index contributed by atoms with van der Waals surface area (Å²) in [5.41, 5.74) is 6.02. The Balaban J connectivity index is 1.21. The highest BCUT2D eigenvalue weighted by Crippen LogP contribution is 2.47. The zero-order valence-electron chi connectivity index (χ0n) is 17.5. The van der Waals surface area contributed by atoms with Gasteiger partial charge >= 0.3 is 0 Å². The number of thiol groups is 1. The summed E-state index contributed by atoms with van der Waals surface area (Å²) in [4.78, 5) is 0. The van der Waals surface area contributed by atoms with Crippen molar-refractivity contribution in [3.05, 3.63) is 0 Å². The summed E-state index contributed by atoms with van der Waals surface area (Å²) in [5.74, 6) is 2.82. The number of halogens is 2. The van der Waals surface area contributed by atoms with Crippen LogP contribution in [0.3, 0.4) is 0 Å². The Labute approximate surface area is 176 Å². The van der Waals surface area contributed by atoms with Crippen molar-refractivity contribution in [2.45, 2.75) is 114 Å². The van der Waals surface area contributed by atoms with E-state index in [1.165, 1.54) is 51.4 Å². The molecule has 1 nitrogen and oxygen atoms in total. The molecule has 2 N–H and O–H groups in total. The van der Waals surface area contributed by atoms with E-state index >= 15 is 0 Å². The minimum Gasteiger partial charge on any atom is -0.328 e. The zero-order valence-corrected chi connectivity index (χ0v) is 18.3. The second kappa shape index (κ2) is 9.54. The Bertz CT molecular complexity index is 485. The Hall–Kier alpha value is 0.170. The molecule has 4 aliphatic carbocycles. The van der Waals surface area contributed by atoms with Crippen LogP contribution in [0.25, 0.3) is 0 Å². The van der Waals surface area contributed by atoms with Crippen LogP contribution in [0.4, 0.5) is 8.78 Å². The van der Waals surface area contributed by atoms with Crippen LogP contribution in [-0.4, -0.2) is 23.6 Å². The molecule has 0 saturated heterocycles. The Morgan fingerprint density at radius 2 is 1.29 bits per heavy atom. The van der Waals surface area contributed by atoms with Gasteiger partial charge in [-0.3, -0.25) is 0 Å².